The van der Waals surface area contributed by atoms with Crippen LogP contribution in [0.1, 0.15) is 40.7 Å². The van der Waals surface area contributed by atoms with E-state index < -0.39 is 0 Å². The molecule has 0 aliphatic carbocycles. The van der Waals surface area contributed by atoms with Gasteiger partial charge in [0.25, 0.3) is 0 Å². The molecule has 0 amide bonds. The number of ether oxygens (including phenoxy) is 2. The van der Waals surface area contributed by atoms with Gasteiger partial charge >= 0.3 is 0 Å². The Morgan fingerprint density at radius 3 is 2.71 bits per heavy atom. The molecule has 1 aromatic carbocycles. The van der Waals surface area contributed by atoms with Crippen LogP contribution >= 0.6 is 0 Å². The zero-order valence-electron chi connectivity index (χ0n) is 12.5. The van der Waals surface area contributed by atoms with E-state index in [1.54, 1.807) is 18.2 Å². The van der Waals surface area contributed by atoms with E-state index in [1.807, 2.05) is 20.8 Å². The summed E-state index contributed by atoms with van der Waals surface area (Å²) < 4.78 is 16.4. The van der Waals surface area contributed by atoms with Gasteiger partial charge in [-0.05, 0) is 32.4 Å². The van der Waals surface area contributed by atoms with Crippen LogP contribution in [0.5, 0.6) is 11.5 Å². The van der Waals surface area contributed by atoms with Gasteiger partial charge in [0.05, 0.1) is 23.4 Å². The van der Waals surface area contributed by atoms with Gasteiger partial charge in [-0.25, -0.2) is 0 Å². The molecule has 2 aromatic rings. The molecule has 1 heterocycles. The van der Waals surface area contributed by atoms with E-state index in [2.05, 4.69) is 5.16 Å². The van der Waals surface area contributed by atoms with Crippen molar-refractivity contribution in [2.75, 3.05) is 6.61 Å². The van der Waals surface area contributed by atoms with Crippen LogP contribution in [0, 0.1) is 13.8 Å². The standard InChI is InChI=1S/C16H19NO4/c1-4-7-19-14-6-5-13(9-18)16(8-14)20-10-15-11(2)17-21-12(15)3/h5-6,8-9H,4,7,10H2,1-3H3. The van der Waals surface area contributed by atoms with Crippen LogP contribution in [-0.2, 0) is 6.61 Å². The summed E-state index contributed by atoms with van der Waals surface area (Å²) in [6.45, 7) is 6.66. The van der Waals surface area contributed by atoms with Crippen molar-refractivity contribution in [1.82, 2.24) is 5.16 Å². The molecule has 0 fully saturated rings. The van der Waals surface area contributed by atoms with E-state index in [0.29, 0.717) is 30.3 Å². The number of carbonyl (C=O) groups excluding carboxylic acids is 1. The fraction of sp³-hybridized carbons (Fsp3) is 0.375. The minimum Gasteiger partial charge on any atom is -0.493 e. The predicted octanol–water partition coefficient (Wildman–Crippen LogP) is 3.47. The Labute approximate surface area is 123 Å². The van der Waals surface area contributed by atoms with Crippen LogP contribution in [0.25, 0.3) is 0 Å². The highest BCUT2D eigenvalue weighted by molar-refractivity contribution is 5.79. The van der Waals surface area contributed by atoms with E-state index in [0.717, 1.165) is 29.7 Å². The molecule has 0 aliphatic rings. The number of aromatic nitrogens is 1. The summed E-state index contributed by atoms with van der Waals surface area (Å²) >= 11 is 0. The van der Waals surface area contributed by atoms with Gasteiger partial charge < -0.3 is 14.0 Å². The smallest absolute Gasteiger partial charge is 0.153 e. The number of rotatable bonds is 7. The normalized spacial score (nSPS) is 10.4. The van der Waals surface area contributed by atoms with E-state index in [1.165, 1.54) is 0 Å². The summed E-state index contributed by atoms with van der Waals surface area (Å²) in [5.74, 6) is 1.91. The van der Waals surface area contributed by atoms with Crippen molar-refractivity contribution in [1.29, 1.82) is 0 Å². The van der Waals surface area contributed by atoms with Crippen LogP contribution in [0.3, 0.4) is 0 Å². The minimum atomic E-state index is 0.305. The second-order valence-electron chi connectivity index (χ2n) is 4.76. The van der Waals surface area contributed by atoms with Gasteiger partial charge in [0.15, 0.2) is 6.29 Å². The molecule has 5 nitrogen and oxygen atoms in total. The maximum Gasteiger partial charge on any atom is 0.153 e. The van der Waals surface area contributed by atoms with Crippen molar-refractivity contribution in [3.8, 4) is 11.5 Å². The Bertz CT molecular complexity index is 599. The third kappa shape index (κ3) is 3.62. The third-order valence-electron chi connectivity index (χ3n) is 3.14. The minimum absolute atomic E-state index is 0.305. The van der Waals surface area contributed by atoms with Gasteiger partial charge in [0, 0.05) is 6.07 Å². The molecule has 0 unspecified atom stereocenters. The lowest BCUT2D eigenvalue weighted by molar-refractivity contribution is 0.111. The molecule has 112 valence electrons. The maximum atomic E-state index is 11.1. The quantitative estimate of drug-likeness (QED) is 0.730. The summed E-state index contributed by atoms with van der Waals surface area (Å²) in [6.07, 6.45) is 1.69. The van der Waals surface area contributed by atoms with Gasteiger partial charge in [-0.1, -0.05) is 12.1 Å². The fourth-order valence-electron chi connectivity index (χ4n) is 1.90. The SMILES string of the molecule is CCCOc1ccc(C=O)c(OCc2c(C)noc2C)c1. The van der Waals surface area contributed by atoms with Crippen LogP contribution in [0.4, 0.5) is 0 Å². The molecule has 0 bridgehead atoms. The topological polar surface area (TPSA) is 61.6 Å². The molecule has 5 heteroatoms. The Morgan fingerprint density at radius 1 is 1.29 bits per heavy atom. The Kier molecular flexibility index (Phi) is 4.98. The first-order valence-corrected chi connectivity index (χ1v) is 6.92. The van der Waals surface area contributed by atoms with Crippen molar-refractivity contribution in [2.24, 2.45) is 0 Å². The lowest BCUT2D eigenvalue weighted by Crippen LogP contribution is -2.01. The van der Waals surface area contributed by atoms with Crippen LogP contribution in [0.15, 0.2) is 22.7 Å². The molecule has 0 saturated carbocycles. The average Bonchev–Trinajstić information content (AvgIpc) is 2.82. The second kappa shape index (κ2) is 6.92. The van der Waals surface area contributed by atoms with E-state index in [-0.39, 0.29) is 0 Å². The van der Waals surface area contributed by atoms with E-state index in [9.17, 15) is 4.79 Å². The highest BCUT2D eigenvalue weighted by Gasteiger charge is 2.12. The Morgan fingerprint density at radius 2 is 2.10 bits per heavy atom. The number of aryl methyl sites for hydroxylation is 2. The largest absolute Gasteiger partial charge is 0.493 e. The van der Waals surface area contributed by atoms with Gasteiger partial charge in [-0.3, -0.25) is 4.79 Å². The summed E-state index contributed by atoms with van der Waals surface area (Å²) in [4.78, 5) is 11.1. The van der Waals surface area contributed by atoms with Crippen LogP contribution in [-0.4, -0.2) is 18.0 Å². The lowest BCUT2D eigenvalue weighted by Gasteiger charge is -2.11. The second-order valence-corrected chi connectivity index (χ2v) is 4.76. The van der Waals surface area contributed by atoms with E-state index >= 15 is 0 Å². The van der Waals surface area contributed by atoms with Crippen molar-refractivity contribution in [3.63, 3.8) is 0 Å². The molecule has 0 radical (unpaired) electrons. The Balaban J connectivity index is 2.15. The number of nitrogens with zero attached hydrogens (tertiary/aromatic N) is 1. The summed E-state index contributed by atoms with van der Waals surface area (Å²) in [7, 11) is 0. The lowest BCUT2D eigenvalue weighted by atomic mass is 10.2. The molecule has 21 heavy (non-hydrogen) atoms. The molecule has 0 saturated heterocycles. The summed E-state index contributed by atoms with van der Waals surface area (Å²) in [5.41, 5.74) is 2.18. The third-order valence-corrected chi connectivity index (χ3v) is 3.14. The molecule has 0 atom stereocenters. The molecule has 0 N–H and O–H groups in total. The summed E-state index contributed by atoms with van der Waals surface area (Å²) in [6, 6.07) is 5.19. The zero-order chi connectivity index (χ0) is 15.2. The van der Waals surface area contributed by atoms with Crippen molar-refractivity contribution >= 4 is 6.29 Å². The monoisotopic (exact) mass is 289 g/mol. The number of carbonyl (C=O) groups is 1. The highest BCUT2D eigenvalue weighted by Crippen LogP contribution is 2.25. The molecular formula is C16H19NO4. The van der Waals surface area contributed by atoms with Crippen molar-refractivity contribution in [3.05, 3.63) is 40.8 Å². The number of benzene rings is 1. The number of hydrogen-bond acceptors (Lipinski definition) is 5. The first-order chi connectivity index (χ1) is 10.2. The molecule has 1 aromatic heterocycles. The highest BCUT2D eigenvalue weighted by atomic mass is 16.5. The van der Waals surface area contributed by atoms with Crippen LogP contribution in [0.2, 0.25) is 0 Å². The first-order valence-electron chi connectivity index (χ1n) is 6.92. The van der Waals surface area contributed by atoms with Gasteiger partial charge in [-0.15, -0.1) is 0 Å². The molecule has 2 rings (SSSR count). The summed E-state index contributed by atoms with van der Waals surface area (Å²) in [5, 5.41) is 3.88. The van der Waals surface area contributed by atoms with Crippen molar-refractivity contribution < 1.29 is 18.8 Å². The zero-order valence-corrected chi connectivity index (χ0v) is 12.5. The maximum absolute atomic E-state index is 11.1. The first kappa shape index (κ1) is 15.1. The van der Waals surface area contributed by atoms with Crippen LogP contribution < -0.4 is 9.47 Å². The predicted molar refractivity (Wildman–Crippen MR) is 77.9 cm³/mol. The van der Waals surface area contributed by atoms with Gasteiger partial charge in [-0.2, -0.15) is 0 Å². The average molecular weight is 289 g/mol. The Hall–Kier alpha value is -2.30. The van der Waals surface area contributed by atoms with Gasteiger partial charge in [0.1, 0.15) is 23.9 Å². The van der Waals surface area contributed by atoms with E-state index in [4.69, 9.17) is 14.0 Å². The number of aldehydes is 1. The molecule has 0 aliphatic heterocycles. The number of hydrogen-bond donors (Lipinski definition) is 0. The molecular weight excluding hydrogens is 270 g/mol. The van der Waals surface area contributed by atoms with Gasteiger partial charge in [0.2, 0.25) is 0 Å². The molecule has 0 spiro atoms. The van der Waals surface area contributed by atoms with Crippen molar-refractivity contribution in [2.45, 2.75) is 33.8 Å². The fourth-order valence-corrected chi connectivity index (χ4v) is 1.90.